The summed E-state index contributed by atoms with van der Waals surface area (Å²) in [4.78, 5) is 21.3. The van der Waals surface area contributed by atoms with Crippen LogP contribution in [0.25, 0.3) is 0 Å². The van der Waals surface area contributed by atoms with E-state index >= 15 is 0 Å². The second-order valence-corrected chi connectivity index (χ2v) is 5.11. The molecule has 2 atom stereocenters. The van der Waals surface area contributed by atoms with Gasteiger partial charge in [-0.3, -0.25) is 14.9 Å². The van der Waals surface area contributed by atoms with Crippen LogP contribution in [0.15, 0.2) is 24.3 Å². The summed E-state index contributed by atoms with van der Waals surface area (Å²) in [5, 5.41) is 13.6. The van der Waals surface area contributed by atoms with Crippen molar-refractivity contribution in [3.05, 3.63) is 39.9 Å². The van der Waals surface area contributed by atoms with E-state index in [1.54, 1.807) is 12.1 Å². The zero-order chi connectivity index (χ0) is 13.8. The number of nitrogens with one attached hydrogen (secondary N) is 1. The Morgan fingerprint density at radius 1 is 1.32 bits per heavy atom. The van der Waals surface area contributed by atoms with Crippen LogP contribution in [0.4, 0.5) is 5.69 Å². The van der Waals surface area contributed by atoms with Crippen molar-refractivity contribution in [3.8, 4) is 0 Å². The van der Waals surface area contributed by atoms with Crippen LogP contribution in [0.3, 0.4) is 0 Å². The van der Waals surface area contributed by atoms with Gasteiger partial charge in [0.1, 0.15) is 0 Å². The lowest BCUT2D eigenvalue weighted by Gasteiger charge is -2.29. The molecule has 2 rings (SSSR count). The van der Waals surface area contributed by atoms with Crippen LogP contribution >= 0.6 is 0 Å². The predicted octanol–water partition coefficient (Wildman–Crippen LogP) is 2.76. The summed E-state index contributed by atoms with van der Waals surface area (Å²) >= 11 is 0. The van der Waals surface area contributed by atoms with E-state index in [0.29, 0.717) is 5.92 Å². The molecule has 1 N–H and O–H groups in total. The molecule has 1 amide bonds. The molecule has 1 aromatic rings. The van der Waals surface area contributed by atoms with Gasteiger partial charge in [-0.25, -0.2) is 0 Å². The van der Waals surface area contributed by atoms with Crippen molar-refractivity contribution >= 4 is 11.6 Å². The Morgan fingerprint density at radius 3 is 2.58 bits per heavy atom. The molecular weight excluding hydrogens is 244 g/mol. The van der Waals surface area contributed by atoms with E-state index in [1.165, 1.54) is 6.92 Å². The SMILES string of the molecule is CC(=O)N[C@H]1CCC[C@@H](c2ccc([N+](=O)[O-])cc2)C1. The van der Waals surface area contributed by atoms with Gasteiger partial charge in [0.25, 0.3) is 5.69 Å². The lowest BCUT2D eigenvalue weighted by molar-refractivity contribution is -0.384. The van der Waals surface area contributed by atoms with Crippen LogP contribution in [-0.2, 0) is 4.79 Å². The summed E-state index contributed by atoms with van der Waals surface area (Å²) in [5.41, 5.74) is 1.25. The van der Waals surface area contributed by atoms with E-state index in [2.05, 4.69) is 5.32 Å². The van der Waals surface area contributed by atoms with Crippen molar-refractivity contribution in [2.45, 2.75) is 44.6 Å². The summed E-state index contributed by atoms with van der Waals surface area (Å²) in [5.74, 6) is 0.390. The molecule has 0 heterocycles. The number of rotatable bonds is 3. The topological polar surface area (TPSA) is 72.2 Å². The first kappa shape index (κ1) is 13.5. The molecule has 1 saturated carbocycles. The van der Waals surface area contributed by atoms with E-state index in [9.17, 15) is 14.9 Å². The molecule has 0 spiro atoms. The molecule has 102 valence electrons. The summed E-state index contributed by atoms with van der Waals surface area (Å²) in [6, 6.07) is 7.00. The van der Waals surface area contributed by atoms with Gasteiger partial charge in [0, 0.05) is 25.1 Å². The summed E-state index contributed by atoms with van der Waals surface area (Å²) in [6.45, 7) is 1.54. The first-order valence-corrected chi connectivity index (χ1v) is 6.57. The molecule has 0 aromatic heterocycles. The third kappa shape index (κ3) is 3.53. The van der Waals surface area contributed by atoms with Gasteiger partial charge in [-0.2, -0.15) is 0 Å². The highest BCUT2D eigenvalue weighted by Gasteiger charge is 2.24. The smallest absolute Gasteiger partial charge is 0.269 e. The fraction of sp³-hybridized carbons (Fsp3) is 0.500. The zero-order valence-electron chi connectivity index (χ0n) is 11.0. The van der Waals surface area contributed by atoms with E-state index in [4.69, 9.17) is 0 Å². The molecular formula is C14H18N2O3. The molecule has 1 aromatic carbocycles. The number of carbonyl (C=O) groups excluding carboxylic acids is 1. The Labute approximate surface area is 112 Å². The molecule has 5 nitrogen and oxygen atoms in total. The number of benzene rings is 1. The highest BCUT2D eigenvalue weighted by Crippen LogP contribution is 2.33. The highest BCUT2D eigenvalue weighted by atomic mass is 16.6. The van der Waals surface area contributed by atoms with Crippen LogP contribution in [-0.4, -0.2) is 16.9 Å². The minimum absolute atomic E-state index is 0.00866. The van der Waals surface area contributed by atoms with Gasteiger partial charge in [0.05, 0.1) is 4.92 Å². The third-order valence-corrected chi connectivity index (χ3v) is 3.66. The number of hydrogen-bond donors (Lipinski definition) is 1. The maximum absolute atomic E-state index is 11.1. The normalized spacial score (nSPS) is 22.8. The quantitative estimate of drug-likeness (QED) is 0.672. The zero-order valence-corrected chi connectivity index (χ0v) is 11.0. The number of nitrogens with zero attached hydrogens (tertiary/aromatic N) is 1. The molecule has 0 bridgehead atoms. The lowest BCUT2D eigenvalue weighted by atomic mass is 9.81. The molecule has 5 heteroatoms. The Bertz CT molecular complexity index is 470. The van der Waals surface area contributed by atoms with Crippen molar-refractivity contribution in [1.29, 1.82) is 0 Å². The average molecular weight is 262 g/mol. The number of carbonyl (C=O) groups is 1. The summed E-state index contributed by atoms with van der Waals surface area (Å²) in [6.07, 6.45) is 4.08. The fourth-order valence-corrected chi connectivity index (χ4v) is 2.78. The van der Waals surface area contributed by atoms with E-state index in [0.717, 1.165) is 31.2 Å². The van der Waals surface area contributed by atoms with Gasteiger partial charge in [0.2, 0.25) is 5.91 Å². The van der Waals surface area contributed by atoms with E-state index in [-0.39, 0.29) is 22.6 Å². The molecule has 19 heavy (non-hydrogen) atoms. The van der Waals surface area contributed by atoms with Crippen molar-refractivity contribution in [1.82, 2.24) is 5.32 Å². The molecule has 1 aliphatic carbocycles. The minimum atomic E-state index is -0.384. The second kappa shape index (κ2) is 5.82. The van der Waals surface area contributed by atoms with Gasteiger partial charge in [-0.1, -0.05) is 18.6 Å². The molecule has 1 aliphatic rings. The Kier molecular flexibility index (Phi) is 4.14. The van der Waals surface area contributed by atoms with Crippen molar-refractivity contribution in [3.63, 3.8) is 0 Å². The standard InChI is InChI=1S/C14H18N2O3/c1-10(17)15-13-4-2-3-12(9-13)11-5-7-14(8-6-11)16(18)19/h5-8,12-13H,2-4,9H2,1H3,(H,15,17)/t12-,13+/m1/s1. The molecule has 0 saturated heterocycles. The first-order valence-electron chi connectivity index (χ1n) is 6.57. The van der Waals surface area contributed by atoms with Gasteiger partial charge in [-0.15, -0.1) is 0 Å². The monoisotopic (exact) mass is 262 g/mol. The fourth-order valence-electron chi connectivity index (χ4n) is 2.78. The number of amides is 1. The van der Waals surface area contributed by atoms with Crippen molar-refractivity contribution in [2.75, 3.05) is 0 Å². The Hall–Kier alpha value is -1.91. The Balaban J connectivity index is 2.04. The average Bonchev–Trinajstić information content (AvgIpc) is 2.38. The summed E-state index contributed by atoms with van der Waals surface area (Å²) in [7, 11) is 0. The minimum Gasteiger partial charge on any atom is -0.354 e. The van der Waals surface area contributed by atoms with E-state index < -0.39 is 0 Å². The van der Waals surface area contributed by atoms with Gasteiger partial charge >= 0.3 is 0 Å². The maximum atomic E-state index is 11.1. The lowest BCUT2D eigenvalue weighted by Crippen LogP contribution is -2.36. The van der Waals surface area contributed by atoms with E-state index in [1.807, 2.05) is 12.1 Å². The van der Waals surface area contributed by atoms with Crippen LogP contribution in [0.5, 0.6) is 0 Å². The van der Waals surface area contributed by atoms with Crippen molar-refractivity contribution < 1.29 is 9.72 Å². The number of nitro groups is 1. The molecule has 0 unspecified atom stereocenters. The molecule has 1 fully saturated rings. The number of nitro benzene ring substituents is 1. The van der Waals surface area contributed by atoms with Gasteiger partial charge in [0.15, 0.2) is 0 Å². The predicted molar refractivity (Wildman–Crippen MR) is 71.9 cm³/mol. The molecule has 0 aliphatic heterocycles. The van der Waals surface area contributed by atoms with Gasteiger partial charge in [-0.05, 0) is 30.7 Å². The van der Waals surface area contributed by atoms with Crippen LogP contribution in [0.2, 0.25) is 0 Å². The number of hydrogen-bond acceptors (Lipinski definition) is 3. The molecule has 0 radical (unpaired) electrons. The highest BCUT2D eigenvalue weighted by molar-refractivity contribution is 5.73. The van der Waals surface area contributed by atoms with Crippen LogP contribution in [0.1, 0.15) is 44.1 Å². The Morgan fingerprint density at radius 2 is 2.00 bits per heavy atom. The first-order chi connectivity index (χ1) is 9.06. The summed E-state index contributed by atoms with van der Waals surface area (Å²) < 4.78 is 0. The largest absolute Gasteiger partial charge is 0.354 e. The van der Waals surface area contributed by atoms with Crippen LogP contribution < -0.4 is 5.32 Å². The van der Waals surface area contributed by atoms with Crippen LogP contribution in [0, 0.1) is 10.1 Å². The van der Waals surface area contributed by atoms with Crippen molar-refractivity contribution in [2.24, 2.45) is 0 Å². The maximum Gasteiger partial charge on any atom is 0.269 e. The number of non-ortho nitro benzene ring substituents is 1. The van der Waals surface area contributed by atoms with Gasteiger partial charge < -0.3 is 5.32 Å². The third-order valence-electron chi connectivity index (χ3n) is 3.66. The second-order valence-electron chi connectivity index (χ2n) is 5.11.